The summed E-state index contributed by atoms with van der Waals surface area (Å²) in [6, 6.07) is 14.6. The summed E-state index contributed by atoms with van der Waals surface area (Å²) in [6.07, 6.45) is 0. The lowest BCUT2D eigenvalue weighted by Gasteiger charge is -2.09. The van der Waals surface area contributed by atoms with Gasteiger partial charge >= 0.3 is 0 Å². The molecule has 6 heteroatoms. The zero-order chi connectivity index (χ0) is 17.1. The first kappa shape index (κ1) is 15.9. The molecule has 24 heavy (non-hydrogen) atoms. The van der Waals surface area contributed by atoms with Gasteiger partial charge in [-0.2, -0.15) is 0 Å². The van der Waals surface area contributed by atoms with Crippen molar-refractivity contribution in [3.63, 3.8) is 0 Å². The van der Waals surface area contributed by atoms with Crippen LogP contribution in [0.25, 0.3) is 10.9 Å². The Morgan fingerprint density at radius 3 is 2.54 bits per heavy atom. The van der Waals surface area contributed by atoms with E-state index in [2.05, 4.69) is 29.5 Å². The number of anilines is 1. The SMILES string of the molecule is CC(C)c1ccc(NC(=O)Cn2nnc3ccccc3c2=O)cc1. The topological polar surface area (TPSA) is 76.9 Å². The van der Waals surface area contributed by atoms with E-state index in [1.54, 1.807) is 24.3 Å². The Labute approximate surface area is 139 Å². The highest BCUT2D eigenvalue weighted by molar-refractivity contribution is 5.90. The molecule has 0 spiro atoms. The summed E-state index contributed by atoms with van der Waals surface area (Å²) >= 11 is 0. The summed E-state index contributed by atoms with van der Waals surface area (Å²) in [5.41, 5.74) is 2.07. The van der Waals surface area contributed by atoms with Crippen molar-refractivity contribution in [2.45, 2.75) is 26.3 Å². The van der Waals surface area contributed by atoms with Crippen LogP contribution < -0.4 is 10.9 Å². The average molecular weight is 322 g/mol. The molecule has 1 heterocycles. The third-order valence-electron chi connectivity index (χ3n) is 3.78. The Hall–Kier alpha value is -3.02. The van der Waals surface area contributed by atoms with E-state index < -0.39 is 0 Å². The van der Waals surface area contributed by atoms with Gasteiger partial charge in [-0.3, -0.25) is 9.59 Å². The van der Waals surface area contributed by atoms with Crippen LogP contribution in [0.1, 0.15) is 25.3 Å². The molecule has 0 aliphatic heterocycles. The number of benzene rings is 2. The van der Waals surface area contributed by atoms with Crippen molar-refractivity contribution in [2.24, 2.45) is 0 Å². The van der Waals surface area contributed by atoms with Crippen LogP contribution in [0, 0.1) is 0 Å². The van der Waals surface area contributed by atoms with Gasteiger partial charge in [0, 0.05) is 5.69 Å². The van der Waals surface area contributed by atoms with Crippen molar-refractivity contribution >= 4 is 22.5 Å². The molecule has 0 fully saturated rings. The zero-order valence-corrected chi connectivity index (χ0v) is 13.6. The molecule has 0 unspecified atom stereocenters. The molecule has 0 radical (unpaired) electrons. The largest absolute Gasteiger partial charge is 0.324 e. The minimum atomic E-state index is -0.328. The lowest BCUT2D eigenvalue weighted by atomic mass is 10.0. The van der Waals surface area contributed by atoms with Crippen molar-refractivity contribution in [1.82, 2.24) is 15.0 Å². The first-order chi connectivity index (χ1) is 11.5. The molecule has 0 bridgehead atoms. The van der Waals surface area contributed by atoms with Gasteiger partial charge in [0.1, 0.15) is 12.1 Å². The highest BCUT2D eigenvalue weighted by Crippen LogP contribution is 2.17. The lowest BCUT2D eigenvalue weighted by molar-refractivity contribution is -0.117. The van der Waals surface area contributed by atoms with Gasteiger partial charge in [-0.1, -0.05) is 43.3 Å². The second-order valence-corrected chi connectivity index (χ2v) is 5.89. The van der Waals surface area contributed by atoms with Gasteiger partial charge in [-0.25, -0.2) is 4.68 Å². The average Bonchev–Trinajstić information content (AvgIpc) is 2.58. The molecule has 0 atom stereocenters. The first-order valence-corrected chi connectivity index (χ1v) is 7.77. The number of carbonyl (C=O) groups excluding carboxylic acids is 1. The number of rotatable bonds is 4. The van der Waals surface area contributed by atoms with Crippen molar-refractivity contribution in [1.29, 1.82) is 0 Å². The normalized spacial score (nSPS) is 11.0. The standard InChI is InChI=1S/C18H18N4O2/c1-12(2)13-7-9-14(10-8-13)19-17(23)11-22-18(24)15-5-3-4-6-16(15)20-21-22/h3-10,12H,11H2,1-2H3,(H,19,23). The molecule has 3 rings (SSSR count). The fourth-order valence-electron chi connectivity index (χ4n) is 2.41. The molecule has 1 N–H and O–H groups in total. The van der Waals surface area contributed by atoms with Gasteiger partial charge in [0.15, 0.2) is 0 Å². The molecule has 3 aromatic rings. The fourth-order valence-corrected chi connectivity index (χ4v) is 2.41. The maximum absolute atomic E-state index is 12.3. The van der Waals surface area contributed by atoms with Gasteiger partial charge in [-0.15, -0.1) is 5.10 Å². The maximum atomic E-state index is 12.3. The van der Waals surface area contributed by atoms with Crippen LogP contribution in [0.3, 0.4) is 0 Å². The van der Waals surface area contributed by atoms with Crippen molar-refractivity contribution in [2.75, 3.05) is 5.32 Å². The Morgan fingerprint density at radius 1 is 1.12 bits per heavy atom. The van der Waals surface area contributed by atoms with Gasteiger partial charge in [0.25, 0.3) is 5.56 Å². The maximum Gasteiger partial charge on any atom is 0.278 e. The molecule has 1 aromatic heterocycles. The van der Waals surface area contributed by atoms with E-state index in [0.717, 1.165) is 4.68 Å². The first-order valence-electron chi connectivity index (χ1n) is 7.77. The molecule has 6 nitrogen and oxygen atoms in total. The van der Waals surface area contributed by atoms with Gasteiger partial charge in [0.05, 0.1) is 5.39 Å². The number of aromatic nitrogens is 3. The highest BCUT2D eigenvalue weighted by Gasteiger charge is 2.10. The van der Waals surface area contributed by atoms with Crippen LogP contribution in [0.5, 0.6) is 0 Å². The summed E-state index contributed by atoms with van der Waals surface area (Å²) in [6.45, 7) is 4.04. The Balaban J connectivity index is 1.75. The number of fused-ring (bicyclic) bond motifs is 1. The molecule has 1 amide bonds. The van der Waals surface area contributed by atoms with E-state index in [4.69, 9.17) is 0 Å². The van der Waals surface area contributed by atoms with Crippen molar-refractivity contribution < 1.29 is 4.79 Å². The summed E-state index contributed by atoms with van der Waals surface area (Å²) in [5, 5.41) is 11.0. The molecule has 2 aromatic carbocycles. The zero-order valence-electron chi connectivity index (χ0n) is 13.6. The second-order valence-electron chi connectivity index (χ2n) is 5.89. The number of nitrogens with zero attached hydrogens (tertiary/aromatic N) is 3. The summed E-state index contributed by atoms with van der Waals surface area (Å²) in [5.74, 6) is 0.111. The van der Waals surface area contributed by atoms with Crippen LogP contribution in [0.4, 0.5) is 5.69 Å². The molecule has 0 saturated carbocycles. The second kappa shape index (κ2) is 6.62. The van der Waals surface area contributed by atoms with Crippen LogP contribution >= 0.6 is 0 Å². The molecular formula is C18H18N4O2. The highest BCUT2D eigenvalue weighted by atomic mass is 16.2. The monoisotopic (exact) mass is 322 g/mol. The van der Waals surface area contributed by atoms with E-state index in [1.165, 1.54) is 5.56 Å². The van der Waals surface area contributed by atoms with E-state index in [9.17, 15) is 9.59 Å². The molecule has 0 aliphatic rings. The minimum absolute atomic E-state index is 0.178. The molecular weight excluding hydrogens is 304 g/mol. The number of carbonyl (C=O) groups is 1. The number of nitrogens with one attached hydrogen (secondary N) is 1. The number of hydrogen-bond donors (Lipinski definition) is 1. The van der Waals surface area contributed by atoms with Crippen LogP contribution in [0.2, 0.25) is 0 Å². The predicted molar refractivity (Wildman–Crippen MR) is 93.0 cm³/mol. The van der Waals surface area contributed by atoms with E-state index in [-0.39, 0.29) is 18.0 Å². The Morgan fingerprint density at radius 2 is 1.83 bits per heavy atom. The molecule has 0 saturated heterocycles. The fraction of sp³-hybridized carbons (Fsp3) is 0.222. The third kappa shape index (κ3) is 3.32. The summed E-state index contributed by atoms with van der Waals surface area (Å²) in [7, 11) is 0. The van der Waals surface area contributed by atoms with E-state index in [0.29, 0.717) is 22.5 Å². The van der Waals surface area contributed by atoms with Gasteiger partial charge in [-0.05, 0) is 35.7 Å². The van der Waals surface area contributed by atoms with Crippen molar-refractivity contribution in [3.05, 3.63) is 64.4 Å². The number of hydrogen-bond acceptors (Lipinski definition) is 4. The Kier molecular flexibility index (Phi) is 4.37. The predicted octanol–water partition coefficient (Wildman–Crippen LogP) is 2.55. The van der Waals surface area contributed by atoms with Crippen LogP contribution in [-0.4, -0.2) is 20.9 Å². The van der Waals surface area contributed by atoms with Crippen LogP contribution in [-0.2, 0) is 11.3 Å². The van der Waals surface area contributed by atoms with Gasteiger partial charge in [0.2, 0.25) is 5.91 Å². The summed E-state index contributed by atoms with van der Waals surface area (Å²) < 4.78 is 1.07. The van der Waals surface area contributed by atoms with E-state index in [1.807, 2.05) is 24.3 Å². The quantitative estimate of drug-likeness (QED) is 0.801. The molecule has 0 aliphatic carbocycles. The Bertz CT molecular complexity index is 930. The summed E-state index contributed by atoms with van der Waals surface area (Å²) in [4.78, 5) is 24.5. The lowest BCUT2D eigenvalue weighted by Crippen LogP contribution is -2.30. The molecule has 122 valence electrons. The minimum Gasteiger partial charge on any atom is -0.324 e. The van der Waals surface area contributed by atoms with Gasteiger partial charge < -0.3 is 5.32 Å². The van der Waals surface area contributed by atoms with E-state index >= 15 is 0 Å². The van der Waals surface area contributed by atoms with Crippen LogP contribution in [0.15, 0.2) is 53.3 Å². The third-order valence-corrected chi connectivity index (χ3v) is 3.78. The smallest absolute Gasteiger partial charge is 0.278 e. The number of amides is 1. The van der Waals surface area contributed by atoms with Crippen molar-refractivity contribution in [3.8, 4) is 0 Å².